The first kappa shape index (κ1) is 25.0. The van der Waals surface area contributed by atoms with Crippen molar-refractivity contribution < 1.29 is 19.1 Å². The van der Waals surface area contributed by atoms with E-state index in [1.54, 1.807) is 43.6 Å². The van der Waals surface area contributed by atoms with Gasteiger partial charge in [-0.15, -0.1) is 0 Å². The van der Waals surface area contributed by atoms with Gasteiger partial charge in [-0.25, -0.2) is 0 Å². The molecule has 8 nitrogen and oxygen atoms in total. The molecule has 188 valence electrons. The molecule has 1 aromatic carbocycles. The highest BCUT2D eigenvalue weighted by Gasteiger charge is 2.43. The van der Waals surface area contributed by atoms with Crippen LogP contribution in [0.2, 0.25) is 0 Å². The number of likely N-dealkylation sites (tertiary alicyclic amines) is 1. The Hall–Kier alpha value is -3.13. The number of hydrogen-bond donors (Lipinski definition) is 1. The Morgan fingerprint density at radius 3 is 2.54 bits per heavy atom. The van der Waals surface area contributed by atoms with E-state index in [9.17, 15) is 9.59 Å². The highest BCUT2D eigenvalue weighted by molar-refractivity contribution is 6.02. The lowest BCUT2D eigenvalue weighted by Crippen LogP contribution is -2.46. The van der Waals surface area contributed by atoms with Gasteiger partial charge in [-0.05, 0) is 74.1 Å². The molecule has 2 unspecified atom stereocenters. The molecule has 2 aliphatic rings. The lowest BCUT2D eigenvalue weighted by Gasteiger charge is -2.40. The van der Waals surface area contributed by atoms with Crippen molar-refractivity contribution in [2.75, 3.05) is 47.4 Å². The molecule has 4 rings (SSSR count). The van der Waals surface area contributed by atoms with Crippen molar-refractivity contribution in [3.8, 4) is 11.5 Å². The number of methoxy groups -OCH3 is 2. The van der Waals surface area contributed by atoms with Crippen molar-refractivity contribution >= 4 is 11.8 Å². The van der Waals surface area contributed by atoms with Gasteiger partial charge in [0.15, 0.2) is 11.5 Å². The van der Waals surface area contributed by atoms with Crippen LogP contribution in [0, 0.1) is 5.92 Å². The molecule has 1 fully saturated rings. The summed E-state index contributed by atoms with van der Waals surface area (Å²) in [5.74, 6) is 0.871. The van der Waals surface area contributed by atoms with Gasteiger partial charge >= 0.3 is 0 Å². The molecule has 8 heteroatoms. The largest absolute Gasteiger partial charge is 0.493 e. The van der Waals surface area contributed by atoms with Gasteiger partial charge in [-0.2, -0.15) is 0 Å². The number of nitrogens with one attached hydrogen (secondary N) is 1. The number of nitrogens with zero attached hydrogens (tertiary/aromatic N) is 3. The number of carbonyl (C=O) groups excluding carboxylic acids is 2. The number of likely N-dealkylation sites (N-methyl/N-ethyl adjacent to an activating group) is 1. The molecule has 0 bridgehead atoms. The number of fused-ring (bicyclic) bond motifs is 1. The summed E-state index contributed by atoms with van der Waals surface area (Å²) in [4.78, 5) is 35.4. The predicted molar refractivity (Wildman–Crippen MR) is 134 cm³/mol. The molecule has 0 spiro atoms. The minimum Gasteiger partial charge on any atom is -0.493 e. The van der Waals surface area contributed by atoms with Crippen LogP contribution in [0.3, 0.4) is 0 Å². The van der Waals surface area contributed by atoms with E-state index in [1.807, 2.05) is 12.1 Å². The zero-order valence-corrected chi connectivity index (χ0v) is 21.1. The topological polar surface area (TPSA) is 84.0 Å². The number of rotatable bonds is 8. The molecule has 3 heterocycles. The molecule has 35 heavy (non-hydrogen) atoms. The first-order valence-electron chi connectivity index (χ1n) is 12.4. The Bertz CT molecular complexity index is 1040. The molecule has 0 saturated carbocycles. The maximum Gasteiger partial charge on any atom is 0.254 e. The van der Waals surface area contributed by atoms with Crippen molar-refractivity contribution in [2.45, 2.75) is 38.1 Å². The van der Waals surface area contributed by atoms with Crippen LogP contribution in [0.4, 0.5) is 0 Å². The van der Waals surface area contributed by atoms with Crippen LogP contribution in [0.25, 0.3) is 0 Å². The van der Waals surface area contributed by atoms with Gasteiger partial charge < -0.3 is 24.6 Å². The Morgan fingerprint density at radius 1 is 1.17 bits per heavy atom. The summed E-state index contributed by atoms with van der Waals surface area (Å²) in [6.45, 7) is 6.13. The Labute approximate surface area is 207 Å². The summed E-state index contributed by atoms with van der Waals surface area (Å²) in [5, 5.41) is 3.15. The molecule has 0 aliphatic carbocycles. The summed E-state index contributed by atoms with van der Waals surface area (Å²) < 4.78 is 10.9. The molecule has 2 amide bonds. The number of ether oxygens (including phenoxy) is 2. The average Bonchev–Trinajstić information content (AvgIpc) is 2.89. The van der Waals surface area contributed by atoms with Gasteiger partial charge in [0.1, 0.15) is 0 Å². The fraction of sp³-hybridized carbons (Fsp3) is 0.519. The van der Waals surface area contributed by atoms with Gasteiger partial charge in [0.25, 0.3) is 5.91 Å². The van der Waals surface area contributed by atoms with Gasteiger partial charge in [-0.1, -0.05) is 13.0 Å². The SMILES string of the molecule is COc1cc2c(cc1OC)C(C(=O)NCCCN1CCC(C)CC1)C(c1cccnc1)N(C)C2=O. The molecule has 1 aromatic heterocycles. The van der Waals surface area contributed by atoms with E-state index < -0.39 is 12.0 Å². The number of pyridine rings is 1. The van der Waals surface area contributed by atoms with Gasteiger partial charge in [0.2, 0.25) is 5.91 Å². The molecule has 1 saturated heterocycles. The summed E-state index contributed by atoms with van der Waals surface area (Å²) in [6.07, 6.45) is 6.77. The third-order valence-corrected chi connectivity index (χ3v) is 7.31. The van der Waals surface area contributed by atoms with Crippen molar-refractivity contribution in [3.05, 3.63) is 53.3 Å². The monoisotopic (exact) mass is 480 g/mol. The minimum absolute atomic E-state index is 0.112. The van der Waals surface area contributed by atoms with Crippen LogP contribution in [-0.4, -0.2) is 74.0 Å². The fourth-order valence-corrected chi connectivity index (χ4v) is 5.21. The number of hydrogen-bond acceptors (Lipinski definition) is 6. The number of aromatic nitrogens is 1. The van der Waals surface area contributed by atoms with Crippen molar-refractivity contribution in [1.29, 1.82) is 0 Å². The maximum atomic E-state index is 13.7. The third-order valence-electron chi connectivity index (χ3n) is 7.31. The Kier molecular flexibility index (Phi) is 7.90. The zero-order chi connectivity index (χ0) is 24.9. The summed E-state index contributed by atoms with van der Waals surface area (Å²) in [5.41, 5.74) is 1.90. The van der Waals surface area contributed by atoms with E-state index in [0.717, 1.165) is 37.5 Å². The molecule has 2 aliphatic heterocycles. The molecule has 1 N–H and O–H groups in total. The van der Waals surface area contributed by atoms with E-state index in [0.29, 0.717) is 29.2 Å². The van der Waals surface area contributed by atoms with Crippen molar-refractivity contribution in [2.24, 2.45) is 5.92 Å². The Morgan fingerprint density at radius 2 is 1.89 bits per heavy atom. The standard InChI is InChI=1S/C27H36N4O4/c1-18-8-13-31(14-9-18)12-6-11-29-26(32)24-20-15-22(34-3)23(35-4)16-21(20)27(33)30(2)25(24)19-7-5-10-28-17-19/h5,7,10,15-18,24-25H,6,8-9,11-14H2,1-4H3,(H,29,32). The van der Waals surface area contributed by atoms with Crippen LogP contribution < -0.4 is 14.8 Å². The van der Waals surface area contributed by atoms with E-state index >= 15 is 0 Å². The van der Waals surface area contributed by atoms with Crippen LogP contribution in [0.5, 0.6) is 11.5 Å². The van der Waals surface area contributed by atoms with Gasteiger partial charge in [-0.3, -0.25) is 14.6 Å². The number of piperidine rings is 1. The number of carbonyl (C=O) groups is 2. The summed E-state index contributed by atoms with van der Waals surface area (Å²) in [7, 11) is 4.82. The molecule has 2 atom stereocenters. The van der Waals surface area contributed by atoms with Crippen LogP contribution in [0.15, 0.2) is 36.7 Å². The predicted octanol–water partition coefficient (Wildman–Crippen LogP) is 3.25. The van der Waals surface area contributed by atoms with Crippen LogP contribution in [0.1, 0.15) is 59.6 Å². The quantitative estimate of drug-likeness (QED) is 0.584. The summed E-state index contributed by atoms with van der Waals surface area (Å²) in [6, 6.07) is 6.69. The highest BCUT2D eigenvalue weighted by Crippen LogP contribution is 2.45. The van der Waals surface area contributed by atoms with E-state index in [4.69, 9.17) is 9.47 Å². The lowest BCUT2D eigenvalue weighted by molar-refractivity contribution is -0.124. The van der Waals surface area contributed by atoms with Gasteiger partial charge in [0, 0.05) is 31.5 Å². The number of benzene rings is 1. The second kappa shape index (κ2) is 11.1. The van der Waals surface area contributed by atoms with Crippen molar-refractivity contribution in [1.82, 2.24) is 20.1 Å². The highest BCUT2D eigenvalue weighted by atomic mass is 16.5. The summed E-state index contributed by atoms with van der Waals surface area (Å²) >= 11 is 0. The van der Waals surface area contributed by atoms with Crippen molar-refractivity contribution in [3.63, 3.8) is 0 Å². The van der Waals surface area contributed by atoms with E-state index in [2.05, 4.69) is 22.1 Å². The third kappa shape index (κ3) is 5.27. The molecular weight excluding hydrogens is 444 g/mol. The van der Waals surface area contributed by atoms with E-state index in [-0.39, 0.29) is 11.8 Å². The zero-order valence-electron chi connectivity index (χ0n) is 21.1. The second-order valence-corrected chi connectivity index (χ2v) is 9.59. The lowest BCUT2D eigenvalue weighted by atomic mass is 9.79. The average molecular weight is 481 g/mol. The van der Waals surface area contributed by atoms with Gasteiger partial charge in [0.05, 0.1) is 26.2 Å². The number of amides is 2. The first-order valence-corrected chi connectivity index (χ1v) is 12.4. The fourth-order valence-electron chi connectivity index (χ4n) is 5.21. The van der Waals surface area contributed by atoms with Crippen LogP contribution in [-0.2, 0) is 4.79 Å². The smallest absolute Gasteiger partial charge is 0.254 e. The molecule has 0 radical (unpaired) electrons. The molecular formula is C27H36N4O4. The normalized spacial score (nSPS) is 20.9. The first-order chi connectivity index (χ1) is 16.9. The van der Waals surface area contributed by atoms with Crippen LogP contribution >= 0.6 is 0 Å². The van der Waals surface area contributed by atoms with E-state index in [1.165, 1.54) is 20.0 Å². The molecule has 2 aromatic rings. The minimum atomic E-state index is -0.604. The Balaban J connectivity index is 1.59. The maximum absolute atomic E-state index is 13.7. The second-order valence-electron chi connectivity index (χ2n) is 9.59.